The molecule has 0 radical (unpaired) electrons. The zero-order chi connectivity index (χ0) is 19.7. The first-order chi connectivity index (χ1) is 12.8. The first-order valence-corrected chi connectivity index (χ1v) is 11.1. The van der Waals surface area contributed by atoms with Gasteiger partial charge in [0.15, 0.2) is 0 Å². The Kier molecular flexibility index (Phi) is 7.25. The van der Waals surface area contributed by atoms with Crippen molar-refractivity contribution in [3.8, 4) is 0 Å². The van der Waals surface area contributed by atoms with Crippen molar-refractivity contribution in [2.24, 2.45) is 11.7 Å². The van der Waals surface area contributed by atoms with Gasteiger partial charge in [-0.15, -0.1) is 12.4 Å². The smallest absolute Gasteiger partial charge is 0.261 e. The molecule has 2 aliphatic rings. The van der Waals surface area contributed by atoms with Crippen LogP contribution in [0.2, 0.25) is 0 Å². The number of halogens is 1. The average molecular weight is 430 g/mol. The van der Waals surface area contributed by atoms with Crippen LogP contribution in [0.3, 0.4) is 0 Å². The molecular formula is C19H28ClN3O4S. The molecule has 1 fully saturated rings. The van der Waals surface area contributed by atoms with Gasteiger partial charge in [-0.3, -0.25) is 14.5 Å². The second-order valence-corrected chi connectivity index (χ2v) is 9.43. The van der Waals surface area contributed by atoms with Crippen molar-refractivity contribution in [2.45, 2.75) is 44.6 Å². The summed E-state index contributed by atoms with van der Waals surface area (Å²) in [5.41, 5.74) is 6.09. The first-order valence-electron chi connectivity index (χ1n) is 9.46. The fourth-order valence-electron chi connectivity index (χ4n) is 4.13. The number of hydrogen-bond acceptors (Lipinski definition) is 5. The summed E-state index contributed by atoms with van der Waals surface area (Å²) in [5, 5.41) is 0. The lowest BCUT2D eigenvalue weighted by molar-refractivity contribution is 0.0654. The first kappa shape index (κ1) is 22.8. The summed E-state index contributed by atoms with van der Waals surface area (Å²) in [4.78, 5) is 25.8. The number of carbonyl (C=O) groups excluding carboxylic acids is 2. The lowest BCUT2D eigenvalue weighted by atomic mass is 9.74. The summed E-state index contributed by atoms with van der Waals surface area (Å²) in [7, 11) is -3.56. The highest BCUT2D eigenvalue weighted by molar-refractivity contribution is 7.89. The van der Waals surface area contributed by atoms with E-state index in [9.17, 15) is 18.0 Å². The van der Waals surface area contributed by atoms with E-state index in [1.165, 1.54) is 0 Å². The van der Waals surface area contributed by atoms with Crippen LogP contribution in [0.25, 0.3) is 0 Å². The molecule has 1 saturated carbocycles. The van der Waals surface area contributed by atoms with Crippen molar-refractivity contribution in [1.29, 1.82) is 0 Å². The van der Waals surface area contributed by atoms with E-state index in [0.29, 0.717) is 11.1 Å². The van der Waals surface area contributed by atoms with E-state index < -0.39 is 15.6 Å². The number of imide groups is 1. The van der Waals surface area contributed by atoms with Gasteiger partial charge >= 0.3 is 0 Å². The Morgan fingerprint density at radius 1 is 1.18 bits per heavy atom. The van der Waals surface area contributed by atoms with Crippen LogP contribution in [0.5, 0.6) is 0 Å². The second-order valence-electron chi connectivity index (χ2n) is 7.59. The standard InChI is InChI=1S/C19H27N3O4S.ClH/c1-14-7-4-5-10-19(14,13-20)21-27(25,26)12-6-11-22-17(23)15-8-2-3-9-16(15)18(22)24;/h2-3,8-9,14,21H,4-7,10-13,20H2,1H3;1H. The second kappa shape index (κ2) is 8.90. The molecule has 0 saturated heterocycles. The molecule has 156 valence electrons. The van der Waals surface area contributed by atoms with Gasteiger partial charge in [0.1, 0.15) is 0 Å². The quantitative estimate of drug-likeness (QED) is 0.643. The molecule has 1 aromatic rings. The SMILES string of the molecule is CC1CCCCC1(CN)NS(=O)(=O)CCCN1C(=O)c2ccccc2C1=O.Cl. The molecule has 2 amide bonds. The highest BCUT2D eigenvalue weighted by atomic mass is 35.5. The van der Waals surface area contributed by atoms with Crippen molar-refractivity contribution in [1.82, 2.24) is 9.62 Å². The third-order valence-electron chi connectivity index (χ3n) is 5.85. The van der Waals surface area contributed by atoms with Crippen LogP contribution < -0.4 is 10.5 Å². The summed E-state index contributed by atoms with van der Waals surface area (Å²) in [6, 6.07) is 6.64. The minimum absolute atomic E-state index is 0. The number of carbonyl (C=O) groups is 2. The van der Waals surface area contributed by atoms with E-state index in [-0.39, 0.29) is 55.4 Å². The number of fused-ring (bicyclic) bond motifs is 1. The molecule has 9 heteroatoms. The fourth-order valence-corrected chi connectivity index (χ4v) is 5.74. The number of sulfonamides is 1. The lowest BCUT2D eigenvalue weighted by Crippen LogP contribution is -2.59. The number of amides is 2. The minimum atomic E-state index is -3.56. The van der Waals surface area contributed by atoms with Gasteiger partial charge in [-0.25, -0.2) is 13.1 Å². The van der Waals surface area contributed by atoms with Gasteiger partial charge in [0.25, 0.3) is 11.8 Å². The third kappa shape index (κ3) is 4.40. The van der Waals surface area contributed by atoms with Crippen molar-refractivity contribution in [2.75, 3.05) is 18.8 Å². The van der Waals surface area contributed by atoms with Crippen LogP contribution in [0.1, 0.15) is 59.7 Å². The van der Waals surface area contributed by atoms with Gasteiger partial charge in [-0.1, -0.05) is 31.9 Å². The number of nitrogens with two attached hydrogens (primary N) is 1. The maximum atomic E-state index is 12.6. The van der Waals surface area contributed by atoms with Crippen molar-refractivity contribution in [3.63, 3.8) is 0 Å². The highest BCUT2D eigenvalue weighted by Gasteiger charge is 2.40. The summed E-state index contributed by atoms with van der Waals surface area (Å²) < 4.78 is 28.0. The summed E-state index contributed by atoms with van der Waals surface area (Å²) >= 11 is 0. The van der Waals surface area contributed by atoms with E-state index in [0.717, 1.165) is 30.6 Å². The highest BCUT2D eigenvalue weighted by Crippen LogP contribution is 2.33. The lowest BCUT2D eigenvalue weighted by Gasteiger charge is -2.42. The van der Waals surface area contributed by atoms with Crippen LogP contribution >= 0.6 is 12.4 Å². The third-order valence-corrected chi connectivity index (χ3v) is 7.39. The Balaban J connectivity index is 0.00000280. The molecule has 1 aliphatic heterocycles. The number of nitrogens with zero attached hydrogens (tertiary/aromatic N) is 1. The molecule has 7 nitrogen and oxygen atoms in total. The predicted molar refractivity (Wildman–Crippen MR) is 110 cm³/mol. The molecular weight excluding hydrogens is 402 g/mol. The minimum Gasteiger partial charge on any atom is -0.329 e. The predicted octanol–water partition coefficient (Wildman–Crippen LogP) is 1.92. The summed E-state index contributed by atoms with van der Waals surface area (Å²) in [5.74, 6) is -0.683. The van der Waals surface area contributed by atoms with Crippen LogP contribution in [-0.2, 0) is 10.0 Å². The maximum Gasteiger partial charge on any atom is 0.261 e. The monoisotopic (exact) mass is 429 g/mol. The van der Waals surface area contributed by atoms with Crippen LogP contribution in [0.4, 0.5) is 0 Å². The number of benzene rings is 1. The van der Waals surface area contributed by atoms with Crippen LogP contribution in [-0.4, -0.2) is 49.5 Å². The number of hydrogen-bond donors (Lipinski definition) is 2. The Morgan fingerprint density at radius 3 is 2.32 bits per heavy atom. The van der Waals surface area contributed by atoms with Gasteiger partial charge in [-0.2, -0.15) is 0 Å². The van der Waals surface area contributed by atoms with E-state index in [4.69, 9.17) is 5.73 Å². The van der Waals surface area contributed by atoms with Crippen molar-refractivity contribution >= 4 is 34.2 Å². The Morgan fingerprint density at radius 2 is 1.79 bits per heavy atom. The largest absolute Gasteiger partial charge is 0.329 e. The van der Waals surface area contributed by atoms with Gasteiger partial charge < -0.3 is 5.73 Å². The Hall–Kier alpha value is -1.48. The molecule has 2 atom stereocenters. The molecule has 0 bridgehead atoms. The fraction of sp³-hybridized carbons (Fsp3) is 0.579. The molecule has 3 rings (SSSR count). The Bertz CT molecular complexity index is 810. The maximum absolute atomic E-state index is 12.6. The van der Waals surface area contributed by atoms with Gasteiger partial charge in [0.05, 0.1) is 16.9 Å². The van der Waals surface area contributed by atoms with Gasteiger partial charge in [0.2, 0.25) is 10.0 Å². The van der Waals surface area contributed by atoms with Crippen molar-refractivity contribution < 1.29 is 18.0 Å². The Labute approximate surface area is 172 Å². The zero-order valence-corrected chi connectivity index (χ0v) is 17.7. The topological polar surface area (TPSA) is 110 Å². The van der Waals surface area contributed by atoms with Gasteiger partial charge in [0, 0.05) is 18.6 Å². The molecule has 1 heterocycles. The molecule has 3 N–H and O–H groups in total. The molecule has 28 heavy (non-hydrogen) atoms. The molecule has 2 unspecified atom stereocenters. The molecule has 1 aliphatic carbocycles. The van der Waals surface area contributed by atoms with Gasteiger partial charge in [-0.05, 0) is 37.3 Å². The van der Waals surface area contributed by atoms with Crippen LogP contribution in [0.15, 0.2) is 24.3 Å². The van der Waals surface area contributed by atoms with E-state index in [1.807, 2.05) is 6.92 Å². The molecule has 0 aromatic heterocycles. The summed E-state index contributed by atoms with van der Waals surface area (Å²) in [6.07, 6.45) is 3.93. The van der Waals surface area contributed by atoms with E-state index >= 15 is 0 Å². The van der Waals surface area contributed by atoms with Crippen molar-refractivity contribution in [3.05, 3.63) is 35.4 Å². The summed E-state index contributed by atoms with van der Waals surface area (Å²) in [6.45, 7) is 2.39. The van der Waals surface area contributed by atoms with Crippen LogP contribution in [0, 0.1) is 5.92 Å². The molecule has 0 spiro atoms. The zero-order valence-electron chi connectivity index (χ0n) is 16.0. The molecule has 1 aromatic carbocycles. The average Bonchev–Trinajstić information content (AvgIpc) is 2.89. The normalized spacial score (nSPS) is 24.8. The number of rotatable bonds is 7. The van der Waals surface area contributed by atoms with E-state index in [2.05, 4.69) is 4.72 Å². The number of nitrogens with one attached hydrogen (secondary N) is 1. The van der Waals surface area contributed by atoms with E-state index in [1.54, 1.807) is 24.3 Å².